The van der Waals surface area contributed by atoms with E-state index >= 15 is 0 Å². The Labute approximate surface area is 721 Å². The summed E-state index contributed by atoms with van der Waals surface area (Å²) in [5.41, 5.74) is -3.21. The molecular formula is C76H124N14O31S2. The number of carbonyl (C=O) groups excluding carboxylic acids is 4. The van der Waals surface area contributed by atoms with Crippen molar-refractivity contribution < 1.29 is 149 Å². The predicted octanol–water partition coefficient (Wildman–Crippen LogP) is -3.45. The van der Waals surface area contributed by atoms with Gasteiger partial charge in [-0.25, -0.2) is 19.0 Å². The lowest BCUT2D eigenvalue weighted by Crippen LogP contribution is -2.66. The first kappa shape index (κ1) is 101. The number of hydrogen-bond acceptors (Lipinski definition) is 40. The summed E-state index contributed by atoms with van der Waals surface area (Å²) in [4.78, 5) is 53.3. The number of ether oxygens (including phenoxy) is 21. The second kappa shape index (κ2) is 55.1. The van der Waals surface area contributed by atoms with E-state index in [0.717, 1.165) is 30.7 Å². The lowest BCUT2D eigenvalue weighted by atomic mass is 9.88. The van der Waals surface area contributed by atoms with Crippen LogP contribution < -0.4 is 21.3 Å². The fourth-order valence-corrected chi connectivity index (χ4v) is 15.7. The largest absolute Gasteiger partial charge is 0.400 e. The molecule has 0 radical (unpaired) electrons. The predicted molar refractivity (Wildman–Crippen MR) is 427 cm³/mol. The third kappa shape index (κ3) is 33.9. The van der Waals surface area contributed by atoms with Crippen molar-refractivity contribution in [2.24, 2.45) is 0 Å². The first-order valence-corrected chi connectivity index (χ1v) is 43.5. The van der Waals surface area contributed by atoms with Crippen molar-refractivity contribution in [3.8, 4) is 0 Å². The zero-order valence-corrected chi connectivity index (χ0v) is 71.9. The number of nitrogens with zero attached hydrogens (tertiary/aromatic N) is 10. The van der Waals surface area contributed by atoms with Gasteiger partial charge in [-0.15, -0.1) is 15.3 Å². The van der Waals surface area contributed by atoms with Gasteiger partial charge < -0.3 is 151 Å². The maximum absolute atomic E-state index is 14.2. The van der Waals surface area contributed by atoms with Crippen LogP contribution >= 0.6 is 21.6 Å². The number of unbranched alkanes of at least 4 members (excludes halogenated alkanes) is 2. The summed E-state index contributed by atoms with van der Waals surface area (Å²) in [7, 11) is 4.33. The molecule has 47 heteroatoms. The molecule has 4 aromatic rings. The highest BCUT2D eigenvalue weighted by Gasteiger charge is 2.61. The highest BCUT2D eigenvalue weighted by atomic mass is 33.1. The van der Waals surface area contributed by atoms with Crippen LogP contribution in [0.25, 0.3) is 0 Å². The molecule has 4 aromatic heterocycles. The standard InChI is InChI=1S/C75H120N14O30S2.CH4O/c1-53(90)77-59-37-60(93)73(50-114-69(59)117-73)47-108-33-30-105-27-24-102-21-18-99-15-12-87-38-56(81-84-87)41-111-44-72(80-61(94)9-5-4-8-36-120-121-62-10-6-7-11-76-62,45-112-42-57-39-88(85-82-57)13-16-100-19-22-103-25-28-106-31-34-109-48-74-51-115-70(118-74)63(78-54(2)91)65(95)67(74)97)46-113-43-58-40-89(86-83-58)14-17-101-20-23-104-26-29-107-32-35-110-49-75-52-116-71(119-75)64(79-55(3)92)66(96)68(75)98;1-2/h6-7,10-11,38-40,59-60,63-71,93,95-98H,4-5,8-9,12-37,41-52H2,1-3H3,(H,77,90)(H,78,91)(H,79,92)(H,80,94);2H,1H3/t59-,60-,63-,64-,65-,66-,67-,68-,69+,70+,71+,73+,74+,75+;/m1./s1. The summed E-state index contributed by atoms with van der Waals surface area (Å²) in [6.45, 7) is 11.4. The van der Waals surface area contributed by atoms with E-state index in [0.29, 0.717) is 155 Å². The van der Waals surface area contributed by atoms with Crippen molar-refractivity contribution in [3.63, 3.8) is 0 Å². The third-order valence-corrected chi connectivity index (χ3v) is 22.2. The lowest BCUT2D eigenvalue weighted by Gasteiger charge is -2.42. The van der Waals surface area contributed by atoms with Crippen molar-refractivity contribution >= 4 is 45.2 Å². The molecule has 0 unspecified atom stereocenters. The van der Waals surface area contributed by atoms with E-state index in [4.69, 9.17) is 105 Å². The number of amides is 4. The zero-order valence-electron chi connectivity index (χ0n) is 70.3. The normalized spacial score (nSPS) is 25.5. The number of fused-ring (bicyclic) bond motifs is 6. The van der Waals surface area contributed by atoms with Crippen LogP contribution in [0, 0.1) is 0 Å². The lowest BCUT2D eigenvalue weighted by molar-refractivity contribution is -0.238. The monoisotopic (exact) mass is 1790 g/mol. The van der Waals surface area contributed by atoms with Crippen LogP contribution in [0.3, 0.4) is 0 Å². The van der Waals surface area contributed by atoms with Crippen LogP contribution in [-0.2, 0) is 158 Å². The second-order valence-electron chi connectivity index (χ2n) is 29.7. The summed E-state index contributed by atoms with van der Waals surface area (Å²) in [6.07, 6.45) is 1.30. The molecule has 10 heterocycles. The third-order valence-electron chi connectivity index (χ3n) is 19.9. The van der Waals surface area contributed by atoms with E-state index in [1.165, 1.54) is 20.8 Å². The van der Waals surface area contributed by atoms with E-state index in [1.54, 1.807) is 60.4 Å². The van der Waals surface area contributed by atoms with Gasteiger partial charge in [0.05, 0.1) is 268 Å². The minimum atomic E-state index is -1.34. The summed E-state index contributed by atoms with van der Waals surface area (Å²) < 4.78 is 127. The Hall–Kier alpha value is -5.93. The summed E-state index contributed by atoms with van der Waals surface area (Å²) in [5.74, 6) is -0.349. The van der Waals surface area contributed by atoms with Gasteiger partial charge in [0.2, 0.25) is 23.6 Å². The van der Waals surface area contributed by atoms with Crippen molar-refractivity contribution in [2.75, 3.05) is 211 Å². The Morgan fingerprint density at radius 3 is 1.24 bits per heavy atom. The average molecular weight is 1790 g/mol. The SMILES string of the molecule is CC(=O)N[C@H]1[C@H]2OC[C@](COCCOCCOCCOCCn3cc(COCC(COCc4cn(CCOCCOCCOCCOC[C@@]56CO[C@@H](O5)[C@H](NC(C)=O)C[C@H]6O)nn4)(COCc4cn(CCOCCOCCOCCOC[C@@]56CO[C@@H](O5)[C@H](NC(C)=O)[C@@H](O)[C@H]6O)nn4)NC(=O)CCCCCSSc4ccccn4)nn3)(O2)[C@H](O)[C@@H]1O.CO. The number of hydrogen-bond donors (Lipinski definition) is 10. The molecule has 123 heavy (non-hydrogen) atoms. The molecule has 0 aliphatic carbocycles. The van der Waals surface area contributed by atoms with Crippen LogP contribution in [0.1, 0.15) is 70.0 Å². The molecule has 696 valence electrons. The van der Waals surface area contributed by atoms with E-state index < -0.39 is 89.9 Å². The van der Waals surface area contributed by atoms with Gasteiger partial charge in [0.15, 0.2) is 18.9 Å². The summed E-state index contributed by atoms with van der Waals surface area (Å²) >= 11 is 0. The van der Waals surface area contributed by atoms with Crippen LogP contribution in [0.5, 0.6) is 0 Å². The Morgan fingerprint density at radius 2 is 0.846 bits per heavy atom. The molecule has 6 bridgehead atoms. The van der Waals surface area contributed by atoms with Gasteiger partial charge in [0.25, 0.3) is 0 Å². The first-order chi connectivity index (χ1) is 59.8. The summed E-state index contributed by atoms with van der Waals surface area (Å²) in [5, 5.41) is 98.5. The fraction of sp³-hybridized carbons (Fsp3) is 0.803. The molecular weight excluding hydrogens is 1670 g/mol. The van der Waals surface area contributed by atoms with E-state index in [2.05, 4.69) is 57.2 Å². The van der Waals surface area contributed by atoms with Gasteiger partial charge in [-0.3, -0.25) is 19.2 Å². The minimum Gasteiger partial charge on any atom is -0.400 e. The quantitative estimate of drug-likeness (QED) is 0.0152. The number of aromatic nitrogens is 10. The number of aliphatic hydroxyl groups excluding tert-OH is 6. The Morgan fingerprint density at radius 1 is 0.472 bits per heavy atom. The maximum atomic E-state index is 14.2. The number of rotatable bonds is 66. The molecule has 10 rings (SSSR count). The Bertz CT molecular complexity index is 3490. The first-order valence-electron chi connectivity index (χ1n) is 41.2. The number of aliphatic hydroxyl groups is 6. The smallest absolute Gasteiger partial charge is 0.220 e. The molecule has 0 spiro atoms. The second-order valence-corrected chi connectivity index (χ2v) is 32.2. The Kier molecular flexibility index (Phi) is 45.1. The van der Waals surface area contributed by atoms with E-state index in [1.807, 2.05) is 18.2 Å². The van der Waals surface area contributed by atoms with Crippen molar-refractivity contribution in [1.82, 2.24) is 71.2 Å². The van der Waals surface area contributed by atoms with Crippen LogP contribution in [0.15, 0.2) is 48.0 Å². The molecule has 0 saturated carbocycles. The molecule has 14 atom stereocenters. The summed E-state index contributed by atoms with van der Waals surface area (Å²) in [6, 6.07) is 3.57. The van der Waals surface area contributed by atoms with Crippen molar-refractivity contribution in [1.29, 1.82) is 0 Å². The fourth-order valence-electron chi connectivity index (χ4n) is 13.7. The minimum absolute atomic E-state index is 0.00889. The van der Waals surface area contributed by atoms with Gasteiger partial charge in [0.1, 0.15) is 80.9 Å². The molecule has 6 saturated heterocycles. The highest BCUT2D eigenvalue weighted by molar-refractivity contribution is 8.76. The van der Waals surface area contributed by atoms with Crippen molar-refractivity contribution in [3.05, 3.63) is 60.1 Å². The van der Waals surface area contributed by atoms with E-state index in [-0.39, 0.29) is 142 Å². The molecule has 10 N–H and O–H groups in total. The molecule has 6 fully saturated rings. The number of pyridine rings is 1. The maximum Gasteiger partial charge on any atom is 0.220 e. The Balaban J connectivity index is 0.00000852. The van der Waals surface area contributed by atoms with Gasteiger partial charge >= 0.3 is 0 Å². The van der Waals surface area contributed by atoms with Gasteiger partial charge in [-0.05, 0) is 35.8 Å². The van der Waals surface area contributed by atoms with Crippen LogP contribution in [0.2, 0.25) is 0 Å². The molecule has 6 aliphatic heterocycles. The molecule has 0 aromatic carbocycles. The highest BCUT2D eigenvalue weighted by Crippen LogP contribution is 2.40. The number of nitrogens with one attached hydrogen (secondary N) is 4. The molecule has 4 amide bonds. The molecule has 6 aliphatic rings. The van der Waals surface area contributed by atoms with Crippen molar-refractivity contribution in [2.45, 2.75) is 187 Å². The van der Waals surface area contributed by atoms with E-state index in [9.17, 15) is 44.7 Å². The number of carbonyl (C=O) groups is 4. The molecule has 45 nitrogen and oxygen atoms in total. The topological polar surface area (TPSA) is 537 Å². The average Bonchev–Trinajstić information content (AvgIpc) is 1.62. The van der Waals surface area contributed by atoms with Gasteiger partial charge in [0, 0.05) is 52.7 Å². The van der Waals surface area contributed by atoms with Gasteiger partial charge in [-0.2, -0.15) is 0 Å². The van der Waals surface area contributed by atoms with Crippen LogP contribution in [0.4, 0.5) is 0 Å². The van der Waals surface area contributed by atoms with Crippen LogP contribution in [-0.4, -0.2) is 405 Å². The zero-order chi connectivity index (χ0) is 87.4. The van der Waals surface area contributed by atoms with Gasteiger partial charge in [-0.1, -0.05) is 38.9 Å².